The zero-order chi connectivity index (χ0) is 15.6. The van der Waals surface area contributed by atoms with E-state index in [9.17, 15) is 14.7 Å². The summed E-state index contributed by atoms with van der Waals surface area (Å²) in [5.74, 6) is -0.578. The molecule has 0 atom stereocenters. The first-order valence-corrected chi connectivity index (χ1v) is 7.62. The lowest BCUT2D eigenvalue weighted by Gasteiger charge is -2.20. The summed E-state index contributed by atoms with van der Waals surface area (Å²) in [5, 5.41) is 14.7. The van der Waals surface area contributed by atoms with Crippen molar-refractivity contribution in [3.63, 3.8) is 0 Å². The molecule has 0 aliphatic heterocycles. The Morgan fingerprint density at radius 1 is 1.05 bits per heavy atom. The second-order valence-electron chi connectivity index (χ2n) is 5.87. The highest BCUT2D eigenvalue weighted by atomic mass is 16.3. The van der Waals surface area contributed by atoms with Crippen LogP contribution in [-0.2, 0) is 4.79 Å². The summed E-state index contributed by atoms with van der Waals surface area (Å²) in [6.45, 7) is -0.0881. The molecule has 2 aromatic carbocycles. The number of hydrogen-bond acceptors (Lipinski definition) is 3. The molecule has 0 radical (unpaired) electrons. The van der Waals surface area contributed by atoms with E-state index in [0.717, 1.165) is 23.6 Å². The van der Waals surface area contributed by atoms with E-state index < -0.39 is 11.5 Å². The van der Waals surface area contributed by atoms with E-state index in [0.29, 0.717) is 18.4 Å². The number of fused-ring (bicyclic) bond motifs is 1. The Kier molecular flexibility index (Phi) is 3.94. The smallest absolute Gasteiger partial charge is 0.252 e. The molecule has 1 aliphatic rings. The predicted octanol–water partition coefficient (Wildman–Crippen LogP) is 2.44. The molecule has 4 heteroatoms. The number of ketones is 1. The molecule has 0 bridgehead atoms. The second-order valence-corrected chi connectivity index (χ2v) is 5.87. The number of hydrogen-bond donors (Lipinski definition) is 2. The average Bonchev–Trinajstić information content (AvgIpc) is 2.99. The van der Waals surface area contributed by atoms with Crippen molar-refractivity contribution in [2.75, 3.05) is 6.54 Å². The lowest BCUT2D eigenvalue weighted by atomic mass is 10.00. The molecule has 22 heavy (non-hydrogen) atoms. The van der Waals surface area contributed by atoms with Gasteiger partial charge >= 0.3 is 0 Å². The summed E-state index contributed by atoms with van der Waals surface area (Å²) in [4.78, 5) is 24.4. The minimum atomic E-state index is -1.29. The highest BCUT2D eigenvalue weighted by Gasteiger charge is 2.38. The molecule has 0 unspecified atom stereocenters. The molecule has 1 amide bonds. The topological polar surface area (TPSA) is 66.4 Å². The maximum absolute atomic E-state index is 12.4. The molecule has 2 N–H and O–H groups in total. The molecular weight excluding hydrogens is 278 g/mol. The van der Waals surface area contributed by atoms with Crippen molar-refractivity contribution in [3.05, 3.63) is 48.0 Å². The quantitative estimate of drug-likeness (QED) is 0.852. The van der Waals surface area contributed by atoms with E-state index >= 15 is 0 Å². The zero-order valence-electron chi connectivity index (χ0n) is 12.3. The molecule has 2 aromatic rings. The first kappa shape index (κ1) is 14.7. The number of Topliss-reactive ketones (excluding diaryl/α,β-unsaturated/α-hetero) is 1. The van der Waals surface area contributed by atoms with Gasteiger partial charge in [0.15, 0.2) is 5.78 Å². The monoisotopic (exact) mass is 297 g/mol. The van der Waals surface area contributed by atoms with Gasteiger partial charge in [0, 0.05) is 5.56 Å². The number of nitrogens with one attached hydrogen (secondary N) is 1. The Labute approximate surface area is 129 Å². The van der Waals surface area contributed by atoms with Crippen LogP contribution < -0.4 is 5.32 Å². The fraction of sp³-hybridized carbons (Fsp3) is 0.333. The van der Waals surface area contributed by atoms with Crippen molar-refractivity contribution in [2.45, 2.75) is 31.3 Å². The van der Waals surface area contributed by atoms with Gasteiger partial charge in [-0.15, -0.1) is 0 Å². The van der Waals surface area contributed by atoms with E-state index in [-0.39, 0.29) is 12.3 Å². The SMILES string of the molecule is O=C(CNC(=O)C1(O)CCCC1)c1cccc2ccccc12. The molecular formula is C18H19NO3. The van der Waals surface area contributed by atoms with E-state index in [1.54, 1.807) is 6.07 Å². The maximum Gasteiger partial charge on any atom is 0.252 e. The molecule has 0 aromatic heterocycles. The molecule has 0 saturated heterocycles. The van der Waals surface area contributed by atoms with E-state index in [1.807, 2.05) is 36.4 Å². The molecule has 4 nitrogen and oxygen atoms in total. The van der Waals surface area contributed by atoms with Gasteiger partial charge in [-0.05, 0) is 36.5 Å². The standard InChI is InChI=1S/C18H19NO3/c20-16(12-19-17(21)18(22)10-3-4-11-18)15-9-5-7-13-6-1-2-8-14(13)15/h1-2,5-9,22H,3-4,10-12H2,(H,19,21). The summed E-state index contributed by atoms with van der Waals surface area (Å²) in [6.07, 6.45) is 2.64. The molecule has 1 fully saturated rings. The Bertz CT molecular complexity index is 712. The van der Waals surface area contributed by atoms with Crippen molar-refractivity contribution >= 4 is 22.5 Å². The van der Waals surface area contributed by atoms with E-state index in [4.69, 9.17) is 0 Å². The number of carbonyl (C=O) groups is 2. The van der Waals surface area contributed by atoms with E-state index in [1.165, 1.54) is 0 Å². The van der Waals surface area contributed by atoms with Crippen LogP contribution in [0.25, 0.3) is 10.8 Å². The van der Waals surface area contributed by atoms with Gasteiger partial charge in [0.1, 0.15) is 5.60 Å². The van der Waals surface area contributed by atoms with Gasteiger partial charge in [0.25, 0.3) is 5.91 Å². The van der Waals surface area contributed by atoms with Crippen LogP contribution >= 0.6 is 0 Å². The third kappa shape index (κ3) is 2.74. The van der Waals surface area contributed by atoms with Gasteiger partial charge in [0.2, 0.25) is 0 Å². The maximum atomic E-state index is 12.4. The third-order valence-corrected chi connectivity index (χ3v) is 4.35. The lowest BCUT2D eigenvalue weighted by Crippen LogP contribution is -2.46. The highest BCUT2D eigenvalue weighted by Crippen LogP contribution is 2.29. The van der Waals surface area contributed by atoms with Crippen LogP contribution in [0.3, 0.4) is 0 Å². The minimum absolute atomic E-state index is 0.0881. The molecule has 114 valence electrons. The first-order chi connectivity index (χ1) is 10.6. The normalized spacial score (nSPS) is 16.6. The van der Waals surface area contributed by atoms with Crippen LogP contribution in [0.5, 0.6) is 0 Å². The van der Waals surface area contributed by atoms with Crippen LogP contribution in [0.15, 0.2) is 42.5 Å². The van der Waals surface area contributed by atoms with Crippen molar-refractivity contribution in [3.8, 4) is 0 Å². The summed E-state index contributed by atoms with van der Waals surface area (Å²) < 4.78 is 0. The number of amides is 1. The van der Waals surface area contributed by atoms with Gasteiger partial charge < -0.3 is 10.4 Å². The summed E-state index contributed by atoms with van der Waals surface area (Å²) in [7, 11) is 0. The van der Waals surface area contributed by atoms with Gasteiger partial charge in [-0.3, -0.25) is 9.59 Å². The fourth-order valence-electron chi connectivity index (χ4n) is 3.08. The van der Waals surface area contributed by atoms with Gasteiger partial charge in [-0.25, -0.2) is 0 Å². The largest absolute Gasteiger partial charge is 0.380 e. The predicted molar refractivity (Wildman–Crippen MR) is 84.7 cm³/mol. The molecule has 1 saturated carbocycles. The van der Waals surface area contributed by atoms with Gasteiger partial charge in [0.05, 0.1) is 6.54 Å². The summed E-state index contributed by atoms with van der Waals surface area (Å²) in [5.41, 5.74) is -0.698. The van der Waals surface area contributed by atoms with Crippen LogP contribution in [0.1, 0.15) is 36.0 Å². The Hall–Kier alpha value is -2.20. The Morgan fingerprint density at radius 3 is 2.50 bits per heavy atom. The zero-order valence-corrected chi connectivity index (χ0v) is 12.3. The van der Waals surface area contributed by atoms with E-state index in [2.05, 4.69) is 5.32 Å². The third-order valence-electron chi connectivity index (χ3n) is 4.35. The van der Waals surface area contributed by atoms with Crippen molar-refractivity contribution in [1.82, 2.24) is 5.32 Å². The molecule has 3 rings (SSSR count). The van der Waals surface area contributed by atoms with Gasteiger partial charge in [-0.2, -0.15) is 0 Å². The van der Waals surface area contributed by atoms with Crippen molar-refractivity contribution < 1.29 is 14.7 Å². The second kappa shape index (κ2) is 5.89. The minimum Gasteiger partial charge on any atom is -0.380 e. The van der Waals surface area contributed by atoms with Crippen LogP contribution in [0, 0.1) is 0 Å². The number of carbonyl (C=O) groups excluding carboxylic acids is 2. The molecule has 1 aliphatic carbocycles. The number of rotatable bonds is 4. The number of benzene rings is 2. The first-order valence-electron chi connectivity index (χ1n) is 7.62. The lowest BCUT2D eigenvalue weighted by molar-refractivity contribution is -0.138. The fourth-order valence-corrected chi connectivity index (χ4v) is 3.08. The summed E-state index contributed by atoms with van der Waals surface area (Å²) >= 11 is 0. The molecule has 0 heterocycles. The van der Waals surface area contributed by atoms with Gasteiger partial charge in [-0.1, -0.05) is 42.5 Å². The Morgan fingerprint density at radius 2 is 1.73 bits per heavy atom. The molecule has 0 spiro atoms. The number of aliphatic hydroxyl groups is 1. The van der Waals surface area contributed by atoms with Crippen molar-refractivity contribution in [1.29, 1.82) is 0 Å². The summed E-state index contributed by atoms with van der Waals surface area (Å²) in [6, 6.07) is 13.2. The van der Waals surface area contributed by atoms with Crippen LogP contribution in [-0.4, -0.2) is 28.9 Å². The van der Waals surface area contributed by atoms with Crippen molar-refractivity contribution in [2.24, 2.45) is 0 Å². The van der Waals surface area contributed by atoms with Crippen LogP contribution in [0.2, 0.25) is 0 Å². The van der Waals surface area contributed by atoms with Crippen LogP contribution in [0.4, 0.5) is 0 Å². The highest BCUT2D eigenvalue weighted by molar-refractivity contribution is 6.09. The average molecular weight is 297 g/mol. The Balaban J connectivity index is 1.73.